The van der Waals surface area contributed by atoms with E-state index in [0.29, 0.717) is 0 Å². The van der Waals surface area contributed by atoms with Gasteiger partial charge in [0.15, 0.2) is 0 Å². The summed E-state index contributed by atoms with van der Waals surface area (Å²) in [5, 5.41) is 14.2. The highest BCUT2D eigenvalue weighted by molar-refractivity contribution is 14.1. The van der Waals surface area contributed by atoms with Crippen molar-refractivity contribution in [3.8, 4) is 22.3 Å². The summed E-state index contributed by atoms with van der Waals surface area (Å²) in [6.45, 7) is 0. The third kappa shape index (κ3) is 3.76. The molecule has 0 aliphatic rings. The van der Waals surface area contributed by atoms with Gasteiger partial charge in [-0.15, -0.1) is 0 Å². The average molecular weight is 737 g/mol. The van der Waals surface area contributed by atoms with Crippen molar-refractivity contribution in [3.05, 3.63) is 155 Å². The first kappa shape index (κ1) is 27.3. The lowest BCUT2D eigenvalue weighted by atomic mass is 9.83. The van der Waals surface area contributed by atoms with E-state index in [1.807, 2.05) is 6.07 Å². The molecule has 3 heteroatoms. The predicted octanol–water partition coefficient (Wildman–Crippen LogP) is 14.0. The maximum absolute atomic E-state index is 6.95. The Balaban J connectivity index is 1.36. The molecule has 0 N–H and O–H groups in total. The van der Waals surface area contributed by atoms with Gasteiger partial charge in [-0.2, -0.15) is 0 Å². The van der Waals surface area contributed by atoms with Crippen molar-refractivity contribution >= 4 is 110 Å². The van der Waals surface area contributed by atoms with E-state index >= 15 is 0 Å². The highest BCUT2D eigenvalue weighted by Gasteiger charge is 2.25. The van der Waals surface area contributed by atoms with E-state index < -0.39 is 0 Å². The lowest BCUT2D eigenvalue weighted by Gasteiger charge is -2.19. The quantitative estimate of drug-likeness (QED) is 0.130. The lowest BCUT2D eigenvalue weighted by Crippen LogP contribution is -1.92. The first-order chi connectivity index (χ1) is 24.2. The standard InChI is InChI=1S/C46H25IO2/c47-37-25-27-24-36(45-43(34-19-7-9-22-38(34)48-45)40(27)44-35-20-8-10-23-39(35)49-46(37)44)42-32-17-5-3-15-30(32)41(31-16-4-6-18-33(31)42)29-21-11-13-26-12-1-2-14-28(26)29/h1-25H. The minimum atomic E-state index is 0.881. The second kappa shape index (κ2) is 10.2. The van der Waals surface area contributed by atoms with Crippen LogP contribution >= 0.6 is 22.6 Å². The molecular formula is C46H25IO2. The van der Waals surface area contributed by atoms with E-state index in [-0.39, 0.29) is 0 Å². The summed E-state index contributed by atoms with van der Waals surface area (Å²) in [6, 6.07) is 54.6. The van der Waals surface area contributed by atoms with Gasteiger partial charge in [0.2, 0.25) is 0 Å². The fourth-order valence-electron chi connectivity index (χ4n) is 8.31. The van der Waals surface area contributed by atoms with E-state index in [0.717, 1.165) is 53.0 Å². The maximum Gasteiger partial charge on any atom is 0.149 e. The first-order valence-electron chi connectivity index (χ1n) is 16.5. The second-order valence-electron chi connectivity index (χ2n) is 12.9. The number of hydrogen-bond donors (Lipinski definition) is 0. The van der Waals surface area contributed by atoms with E-state index in [9.17, 15) is 0 Å². The minimum Gasteiger partial charge on any atom is -0.455 e. The lowest BCUT2D eigenvalue weighted by molar-refractivity contribution is 0.667. The number of benzene rings is 9. The minimum absolute atomic E-state index is 0.881. The summed E-state index contributed by atoms with van der Waals surface area (Å²) in [5.74, 6) is 0. The highest BCUT2D eigenvalue weighted by Crippen LogP contribution is 2.51. The maximum atomic E-state index is 6.95. The van der Waals surface area contributed by atoms with Gasteiger partial charge in [-0.1, -0.05) is 127 Å². The third-order valence-corrected chi connectivity index (χ3v) is 11.1. The van der Waals surface area contributed by atoms with Crippen molar-refractivity contribution in [2.24, 2.45) is 0 Å². The first-order valence-corrected chi connectivity index (χ1v) is 17.6. The van der Waals surface area contributed by atoms with Crippen LogP contribution in [0.5, 0.6) is 0 Å². The zero-order valence-electron chi connectivity index (χ0n) is 26.1. The molecule has 0 spiro atoms. The summed E-state index contributed by atoms with van der Waals surface area (Å²) in [7, 11) is 0. The monoisotopic (exact) mass is 736 g/mol. The van der Waals surface area contributed by atoms with Gasteiger partial charge in [-0.25, -0.2) is 0 Å². The summed E-state index contributed by atoms with van der Waals surface area (Å²) < 4.78 is 14.6. The number of rotatable bonds is 2. The predicted molar refractivity (Wildman–Crippen MR) is 215 cm³/mol. The Morgan fingerprint density at radius 1 is 0.347 bits per heavy atom. The van der Waals surface area contributed by atoms with Gasteiger partial charge in [0, 0.05) is 38.1 Å². The van der Waals surface area contributed by atoms with E-state index in [1.54, 1.807) is 0 Å². The Hall–Kier alpha value is -5.65. The van der Waals surface area contributed by atoms with Gasteiger partial charge in [0.25, 0.3) is 0 Å². The van der Waals surface area contributed by atoms with Crippen molar-refractivity contribution in [1.29, 1.82) is 0 Å². The Morgan fingerprint density at radius 3 is 1.45 bits per heavy atom. The van der Waals surface area contributed by atoms with Gasteiger partial charge in [0.05, 0.1) is 3.57 Å². The molecule has 49 heavy (non-hydrogen) atoms. The van der Waals surface area contributed by atoms with Crippen molar-refractivity contribution in [1.82, 2.24) is 0 Å². The molecule has 0 aliphatic carbocycles. The zero-order chi connectivity index (χ0) is 32.2. The Bertz CT molecular complexity index is 3120. The van der Waals surface area contributed by atoms with E-state index in [1.165, 1.54) is 59.8 Å². The van der Waals surface area contributed by atoms with E-state index in [2.05, 4.69) is 168 Å². The fraction of sp³-hybridized carbons (Fsp3) is 0. The van der Waals surface area contributed by atoms with Gasteiger partial charge in [-0.3, -0.25) is 0 Å². The smallest absolute Gasteiger partial charge is 0.149 e. The molecule has 11 aromatic rings. The molecule has 0 bridgehead atoms. The summed E-state index contributed by atoms with van der Waals surface area (Å²) in [5.41, 5.74) is 8.38. The molecule has 0 amide bonds. The van der Waals surface area contributed by atoms with Crippen molar-refractivity contribution in [2.75, 3.05) is 0 Å². The van der Waals surface area contributed by atoms with Crippen molar-refractivity contribution < 1.29 is 8.83 Å². The summed E-state index contributed by atoms with van der Waals surface area (Å²) in [6.07, 6.45) is 0. The molecule has 0 fully saturated rings. The Labute approximate surface area is 294 Å². The molecule has 0 saturated heterocycles. The summed E-state index contributed by atoms with van der Waals surface area (Å²) in [4.78, 5) is 0. The number of hydrogen-bond acceptors (Lipinski definition) is 2. The Kier molecular flexibility index (Phi) is 5.67. The largest absolute Gasteiger partial charge is 0.455 e. The molecule has 9 aromatic carbocycles. The van der Waals surface area contributed by atoms with E-state index in [4.69, 9.17) is 8.83 Å². The van der Waals surface area contributed by atoms with Crippen LogP contribution in [-0.2, 0) is 0 Å². The fourth-order valence-corrected chi connectivity index (χ4v) is 9.02. The van der Waals surface area contributed by atoms with Gasteiger partial charge in [-0.05, 0) is 95.7 Å². The van der Waals surface area contributed by atoms with Crippen LogP contribution < -0.4 is 0 Å². The van der Waals surface area contributed by atoms with Crippen molar-refractivity contribution in [2.45, 2.75) is 0 Å². The average Bonchev–Trinajstić information content (AvgIpc) is 3.74. The molecule has 0 unspecified atom stereocenters. The zero-order valence-corrected chi connectivity index (χ0v) is 28.3. The second-order valence-corrected chi connectivity index (χ2v) is 14.0. The molecule has 11 rings (SSSR count). The molecule has 2 nitrogen and oxygen atoms in total. The number of fused-ring (bicyclic) bond motifs is 12. The van der Waals surface area contributed by atoms with Crippen LogP contribution in [0.2, 0.25) is 0 Å². The normalized spacial score (nSPS) is 12.2. The highest BCUT2D eigenvalue weighted by atomic mass is 127. The SMILES string of the molecule is Ic1cc2cc(-c3c4ccccc4c(-c4cccc5ccccc45)c4ccccc34)c3oc4ccccc4c3c2c2c1oc1ccccc12. The summed E-state index contributed by atoms with van der Waals surface area (Å²) >= 11 is 2.44. The third-order valence-electron chi connectivity index (χ3n) is 10.3. The molecule has 0 aliphatic heterocycles. The van der Waals surface area contributed by atoms with Crippen LogP contribution in [0.4, 0.5) is 0 Å². The van der Waals surface area contributed by atoms with Gasteiger partial charge in [0.1, 0.15) is 22.3 Å². The van der Waals surface area contributed by atoms with Gasteiger partial charge >= 0.3 is 0 Å². The molecule has 2 aromatic heterocycles. The van der Waals surface area contributed by atoms with Crippen molar-refractivity contribution in [3.63, 3.8) is 0 Å². The Morgan fingerprint density at radius 2 is 0.816 bits per heavy atom. The number of furan rings is 2. The molecule has 0 atom stereocenters. The van der Waals surface area contributed by atoms with Gasteiger partial charge < -0.3 is 8.83 Å². The molecule has 0 radical (unpaired) electrons. The van der Waals surface area contributed by atoms with Crippen LogP contribution in [0.15, 0.2) is 160 Å². The van der Waals surface area contributed by atoms with Crippen LogP contribution in [-0.4, -0.2) is 0 Å². The van der Waals surface area contributed by atoms with Crippen LogP contribution in [0.3, 0.4) is 0 Å². The molecular weight excluding hydrogens is 711 g/mol. The topological polar surface area (TPSA) is 26.3 Å². The molecule has 0 saturated carbocycles. The molecule has 228 valence electrons. The van der Waals surface area contributed by atoms with Crippen LogP contribution in [0.25, 0.3) is 109 Å². The van der Waals surface area contributed by atoms with Crippen LogP contribution in [0.1, 0.15) is 0 Å². The number of halogens is 1. The number of para-hydroxylation sites is 2. The van der Waals surface area contributed by atoms with Crippen LogP contribution in [0, 0.1) is 3.57 Å². The molecule has 2 heterocycles.